The molecule has 2 unspecified atom stereocenters. The van der Waals surface area contributed by atoms with Crippen LogP contribution in [-0.4, -0.2) is 12.3 Å². The molecule has 1 heteroatoms. The lowest BCUT2D eigenvalue weighted by molar-refractivity contribution is 0.661. The van der Waals surface area contributed by atoms with Gasteiger partial charge in [0.05, 0.1) is 6.04 Å². The molecule has 1 aromatic carbocycles. The molecule has 0 bridgehead atoms. The minimum Gasteiger partial charge on any atom is -0.289 e. The van der Waals surface area contributed by atoms with Crippen molar-refractivity contribution in [1.82, 2.24) is 0 Å². The normalized spacial score (nSPS) is 26.2. The summed E-state index contributed by atoms with van der Waals surface area (Å²) in [5, 5.41) is 0. The minimum absolute atomic E-state index is 0.368. The van der Waals surface area contributed by atoms with Gasteiger partial charge in [-0.05, 0) is 18.6 Å². The molecule has 0 radical (unpaired) electrons. The number of nitrogens with zero attached hydrogens (tertiary/aromatic N) is 1. The van der Waals surface area contributed by atoms with E-state index >= 15 is 0 Å². The summed E-state index contributed by atoms with van der Waals surface area (Å²) >= 11 is 0. The molecule has 0 aliphatic carbocycles. The fourth-order valence-electron chi connectivity index (χ4n) is 1.67. The summed E-state index contributed by atoms with van der Waals surface area (Å²) in [6, 6.07) is 10.9. The smallest absolute Gasteiger partial charge is 0.0574 e. The second kappa shape index (κ2) is 3.56. The number of aliphatic imine (C=N–C) groups is 1. The van der Waals surface area contributed by atoms with Gasteiger partial charge in [-0.25, -0.2) is 0 Å². The first-order valence-electron chi connectivity index (χ1n) is 4.63. The van der Waals surface area contributed by atoms with E-state index in [0.717, 1.165) is 0 Å². The Kier molecular flexibility index (Phi) is 2.26. The maximum Gasteiger partial charge on any atom is 0.0574 e. The molecule has 66 valence electrons. The highest BCUT2D eigenvalue weighted by atomic mass is 14.8. The highest BCUT2D eigenvalue weighted by Crippen LogP contribution is 2.24. The van der Waals surface area contributed by atoms with Gasteiger partial charge < -0.3 is 0 Å². The fraction of sp³-hybridized carbons (Fsp3) is 0.250. The molecule has 1 aromatic rings. The van der Waals surface area contributed by atoms with E-state index in [1.54, 1.807) is 0 Å². The van der Waals surface area contributed by atoms with Crippen molar-refractivity contribution in [2.75, 3.05) is 0 Å². The third-order valence-electron chi connectivity index (χ3n) is 2.43. The Morgan fingerprint density at radius 2 is 1.92 bits per heavy atom. The van der Waals surface area contributed by atoms with Crippen LogP contribution in [0.2, 0.25) is 0 Å². The first-order chi connectivity index (χ1) is 6.38. The molecule has 2 rings (SSSR count). The molecule has 0 spiro atoms. The van der Waals surface area contributed by atoms with Crippen LogP contribution < -0.4 is 0 Å². The van der Waals surface area contributed by atoms with Crippen LogP contribution >= 0.6 is 0 Å². The molecule has 2 atom stereocenters. The van der Waals surface area contributed by atoms with Gasteiger partial charge in [0, 0.05) is 12.1 Å². The predicted molar refractivity (Wildman–Crippen MR) is 56.3 cm³/mol. The van der Waals surface area contributed by atoms with Crippen LogP contribution in [0.3, 0.4) is 0 Å². The van der Waals surface area contributed by atoms with E-state index in [1.807, 2.05) is 18.4 Å². The van der Waals surface area contributed by atoms with E-state index in [4.69, 9.17) is 0 Å². The van der Waals surface area contributed by atoms with Crippen LogP contribution in [0.4, 0.5) is 0 Å². The van der Waals surface area contributed by atoms with Crippen molar-refractivity contribution in [3.05, 3.63) is 48.0 Å². The number of dihydropyridines is 1. The van der Waals surface area contributed by atoms with Crippen molar-refractivity contribution in [1.29, 1.82) is 0 Å². The van der Waals surface area contributed by atoms with Gasteiger partial charge in [0.1, 0.15) is 0 Å². The summed E-state index contributed by atoms with van der Waals surface area (Å²) in [7, 11) is 0. The molecule has 0 fully saturated rings. The van der Waals surface area contributed by atoms with Gasteiger partial charge in [-0.3, -0.25) is 4.99 Å². The molecule has 1 aliphatic rings. The number of benzene rings is 1. The van der Waals surface area contributed by atoms with Gasteiger partial charge >= 0.3 is 0 Å². The van der Waals surface area contributed by atoms with Gasteiger partial charge in [-0.15, -0.1) is 0 Å². The molecule has 1 aliphatic heterocycles. The molecule has 1 nitrogen and oxygen atoms in total. The monoisotopic (exact) mass is 171 g/mol. The topological polar surface area (TPSA) is 12.4 Å². The summed E-state index contributed by atoms with van der Waals surface area (Å²) < 4.78 is 0. The van der Waals surface area contributed by atoms with E-state index in [-0.39, 0.29) is 0 Å². The quantitative estimate of drug-likeness (QED) is 0.616. The zero-order chi connectivity index (χ0) is 9.10. The first-order valence-corrected chi connectivity index (χ1v) is 4.63. The van der Waals surface area contributed by atoms with Gasteiger partial charge in [0.25, 0.3) is 0 Å². The van der Waals surface area contributed by atoms with Crippen molar-refractivity contribution in [2.24, 2.45) is 4.99 Å². The summed E-state index contributed by atoms with van der Waals surface area (Å²) in [4.78, 5) is 4.38. The Balaban J connectivity index is 2.27. The largest absolute Gasteiger partial charge is 0.289 e. The highest BCUT2D eigenvalue weighted by molar-refractivity contribution is 5.72. The van der Waals surface area contributed by atoms with E-state index < -0.39 is 0 Å². The summed E-state index contributed by atoms with van der Waals surface area (Å²) in [5.41, 5.74) is 1.35. The lowest BCUT2D eigenvalue weighted by Crippen LogP contribution is -2.13. The minimum atomic E-state index is 0.368. The predicted octanol–water partition coefficient (Wildman–Crippen LogP) is 2.80. The molecule has 1 heterocycles. The third kappa shape index (κ3) is 1.69. The number of rotatable bonds is 1. The van der Waals surface area contributed by atoms with Gasteiger partial charge in [-0.2, -0.15) is 0 Å². The molecule has 0 amide bonds. The number of hydrogen-bond donors (Lipinski definition) is 0. The summed E-state index contributed by atoms with van der Waals surface area (Å²) in [6.45, 7) is 2.15. The Morgan fingerprint density at radius 3 is 2.62 bits per heavy atom. The van der Waals surface area contributed by atoms with E-state index in [9.17, 15) is 0 Å². The Hall–Kier alpha value is -1.37. The van der Waals surface area contributed by atoms with Crippen molar-refractivity contribution < 1.29 is 0 Å². The number of allylic oxidation sites excluding steroid dienone is 1. The van der Waals surface area contributed by atoms with Crippen LogP contribution in [-0.2, 0) is 0 Å². The molecule has 0 saturated heterocycles. The zero-order valence-electron chi connectivity index (χ0n) is 7.72. The van der Waals surface area contributed by atoms with Crippen LogP contribution in [0, 0.1) is 0 Å². The Bertz CT molecular complexity index is 324. The maximum atomic E-state index is 4.38. The van der Waals surface area contributed by atoms with Crippen molar-refractivity contribution in [3.63, 3.8) is 0 Å². The van der Waals surface area contributed by atoms with Gasteiger partial charge in [0.15, 0.2) is 0 Å². The molecular weight excluding hydrogens is 158 g/mol. The van der Waals surface area contributed by atoms with Crippen molar-refractivity contribution in [3.8, 4) is 0 Å². The summed E-state index contributed by atoms with van der Waals surface area (Å²) in [6.07, 6.45) is 6.12. The van der Waals surface area contributed by atoms with Gasteiger partial charge in [0.2, 0.25) is 0 Å². The fourth-order valence-corrected chi connectivity index (χ4v) is 1.67. The Morgan fingerprint density at radius 1 is 1.15 bits per heavy atom. The highest BCUT2D eigenvalue weighted by Gasteiger charge is 2.16. The SMILES string of the molecule is CC1N=CC=CC1c1ccccc1. The van der Waals surface area contributed by atoms with Crippen LogP contribution in [0.5, 0.6) is 0 Å². The molecular formula is C12H13N. The molecule has 13 heavy (non-hydrogen) atoms. The van der Waals surface area contributed by atoms with Crippen molar-refractivity contribution >= 4 is 6.21 Å². The lowest BCUT2D eigenvalue weighted by atomic mass is 9.91. The lowest BCUT2D eigenvalue weighted by Gasteiger charge is -2.19. The second-order valence-corrected chi connectivity index (χ2v) is 3.36. The van der Waals surface area contributed by atoms with Crippen LogP contribution in [0.1, 0.15) is 18.4 Å². The van der Waals surface area contributed by atoms with E-state index in [0.29, 0.717) is 12.0 Å². The average molecular weight is 171 g/mol. The average Bonchev–Trinajstić information content (AvgIpc) is 2.20. The van der Waals surface area contributed by atoms with Crippen LogP contribution in [0.25, 0.3) is 0 Å². The standard InChI is InChI=1S/C12H13N/c1-10-12(8-5-9-13-10)11-6-3-2-4-7-11/h2-10,12H,1H3. The molecule has 0 aromatic heterocycles. The third-order valence-corrected chi connectivity index (χ3v) is 2.43. The summed E-state index contributed by atoms with van der Waals surface area (Å²) in [5.74, 6) is 0.450. The van der Waals surface area contributed by atoms with E-state index in [2.05, 4.69) is 42.3 Å². The maximum absolute atomic E-state index is 4.38. The molecule has 0 N–H and O–H groups in total. The number of hydrogen-bond acceptors (Lipinski definition) is 1. The van der Waals surface area contributed by atoms with Crippen LogP contribution in [0.15, 0.2) is 47.5 Å². The second-order valence-electron chi connectivity index (χ2n) is 3.36. The molecule has 0 saturated carbocycles. The Labute approximate surface area is 78.8 Å². The van der Waals surface area contributed by atoms with Gasteiger partial charge in [-0.1, -0.05) is 36.4 Å². The van der Waals surface area contributed by atoms with Crippen molar-refractivity contribution in [2.45, 2.75) is 18.9 Å². The first kappa shape index (κ1) is 8.24. The van der Waals surface area contributed by atoms with E-state index in [1.165, 1.54) is 5.56 Å². The zero-order valence-corrected chi connectivity index (χ0v) is 7.72.